The van der Waals surface area contributed by atoms with Gasteiger partial charge in [0.15, 0.2) is 11.5 Å². The molecule has 1 aromatic carbocycles. The van der Waals surface area contributed by atoms with Gasteiger partial charge in [0, 0.05) is 5.56 Å². The highest BCUT2D eigenvalue weighted by atomic mass is 16.4. The van der Waals surface area contributed by atoms with Crippen LogP contribution >= 0.6 is 0 Å². The minimum atomic E-state index is -1.33. The van der Waals surface area contributed by atoms with Gasteiger partial charge >= 0.3 is 5.97 Å². The molecule has 1 aromatic rings. The van der Waals surface area contributed by atoms with Crippen LogP contribution < -0.4 is 0 Å². The molecular weight excluding hydrogens is 188 g/mol. The summed E-state index contributed by atoms with van der Waals surface area (Å²) in [6.07, 6.45) is 1.08. The summed E-state index contributed by atoms with van der Waals surface area (Å²) in [4.78, 5) is 10.6. The quantitative estimate of drug-likeness (QED) is 0.532. The molecule has 5 heteroatoms. The van der Waals surface area contributed by atoms with E-state index in [9.17, 15) is 9.90 Å². The van der Waals surface area contributed by atoms with Crippen LogP contribution in [0.15, 0.2) is 12.6 Å². The number of aromatic carboxylic acids is 1. The van der Waals surface area contributed by atoms with Crippen molar-refractivity contribution in [1.29, 1.82) is 0 Å². The number of phenols is 3. The number of hydrogen-bond acceptors (Lipinski definition) is 4. The molecule has 0 radical (unpaired) electrons. The van der Waals surface area contributed by atoms with E-state index in [-0.39, 0.29) is 11.1 Å². The second-order valence-electron chi connectivity index (χ2n) is 2.56. The third-order valence-corrected chi connectivity index (χ3v) is 1.73. The molecule has 14 heavy (non-hydrogen) atoms. The highest BCUT2D eigenvalue weighted by Crippen LogP contribution is 2.39. The summed E-state index contributed by atoms with van der Waals surface area (Å²) in [5.41, 5.74) is -0.458. The van der Waals surface area contributed by atoms with Crippen LogP contribution in [0.25, 0.3) is 6.08 Å². The molecule has 0 spiro atoms. The van der Waals surface area contributed by atoms with Crippen LogP contribution in [0.3, 0.4) is 0 Å². The Morgan fingerprint density at radius 3 is 2.29 bits per heavy atom. The van der Waals surface area contributed by atoms with Gasteiger partial charge in [0.25, 0.3) is 0 Å². The van der Waals surface area contributed by atoms with Crippen LogP contribution in [-0.4, -0.2) is 26.4 Å². The lowest BCUT2D eigenvalue weighted by molar-refractivity contribution is 0.0695. The fraction of sp³-hybridized carbons (Fsp3) is 0. The van der Waals surface area contributed by atoms with Gasteiger partial charge in [0.1, 0.15) is 0 Å². The first kappa shape index (κ1) is 9.91. The van der Waals surface area contributed by atoms with E-state index in [0.717, 1.165) is 12.1 Å². The van der Waals surface area contributed by atoms with Crippen molar-refractivity contribution in [3.8, 4) is 17.2 Å². The molecule has 5 nitrogen and oxygen atoms in total. The van der Waals surface area contributed by atoms with Crippen molar-refractivity contribution in [1.82, 2.24) is 0 Å². The van der Waals surface area contributed by atoms with Crippen LogP contribution in [0, 0.1) is 0 Å². The van der Waals surface area contributed by atoms with Gasteiger partial charge in [-0.15, -0.1) is 0 Å². The summed E-state index contributed by atoms with van der Waals surface area (Å²) in [5, 5.41) is 36.1. The van der Waals surface area contributed by atoms with E-state index in [4.69, 9.17) is 15.3 Å². The number of rotatable bonds is 2. The smallest absolute Gasteiger partial charge is 0.336 e. The molecule has 0 saturated heterocycles. The lowest BCUT2D eigenvalue weighted by atomic mass is 10.1. The van der Waals surface area contributed by atoms with Crippen molar-refractivity contribution in [2.24, 2.45) is 0 Å². The monoisotopic (exact) mass is 196 g/mol. The van der Waals surface area contributed by atoms with E-state index < -0.39 is 23.2 Å². The molecule has 1 rings (SSSR count). The van der Waals surface area contributed by atoms with Gasteiger partial charge in [0.05, 0.1) is 5.56 Å². The fourth-order valence-corrected chi connectivity index (χ4v) is 1.04. The maximum Gasteiger partial charge on any atom is 0.336 e. The third kappa shape index (κ3) is 1.35. The van der Waals surface area contributed by atoms with Crippen LogP contribution in [-0.2, 0) is 0 Å². The summed E-state index contributed by atoms with van der Waals surface area (Å²) in [6.45, 7) is 3.29. The minimum absolute atomic E-state index is 0.132. The first-order valence-corrected chi connectivity index (χ1v) is 3.62. The lowest BCUT2D eigenvalue weighted by Crippen LogP contribution is -1.99. The number of carbonyl (C=O) groups is 1. The van der Waals surface area contributed by atoms with Crippen molar-refractivity contribution < 1.29 is 25.2 Å². The molecule has 0 saturated carbocycles. The number of phenolic OH excluding ortho intramolecular Hbond substituents is 3. The van der Waals surface area contributed by atoms with Gasteiger partial charge in [-0.25, -0.2) is 4.79 Å². The zero-order valence-corrected chi connectivity index (χ0v) is 7.06. The summed E-state index contributed by atoms with van der Waals surface area (Å²) in [5.74, 6) is -3.47. The highest BCUT2D eigenvalue weighted by molar-refractivity contribution is 5.94. The van der Waals surface area contributed by atoms with E-state index in [2.05, 4.69) is 6.58 Å². The molecule has 4 N–H and O–H groups in total. The average Bonchev–Trinajstić information content (AvgIpc) is 2.13. The zero-order chi connectivity index (χ0) is 10.9. The van der Waals surface area contributed by atoms with E-state index in [0.29, 0.717) is 0 Å². The predicted octanol–water partition coefficient (Wildman–Crippen LogP) is 1.14. The Labute approximate surface area is 79.2 Å². The molecule has 0 heterocycles. The van der Waals surface area contributed by atoms with Crippen LogP contribution in [0.4, 0.5) is 0 Å². The van der Waals surface area contributed by atoms with Crippen molar-refractivity contribution >= 4 is 12.0 Å². The Balaban J connectivity index is 3.59. The second-order valence-corrected chi connectivity index (χ2v) is 2.56. The highest BCUT2D eigenvalue weighted by Gasteiger charge is 2.18. The van der Waals surface area contributed by atoms with Crippen LogP contribution in [0.5, 0.6) is 17.2 Å². The normalized spacial score (nSPS) is 9.71. The summed E-state index contributed by atoms with van der Waals surface area (Å²) >= 11 is 0. The Bertz CT molecular complexity index is 408. The Hall–Kier alpha value is -2.17. The van der Waals surface area contributed by atoms with Gasteiger partial charge in [-0.2, -0.15) is 0 Å². The SMILES string of the molecule is C=Cc1c(C(=O)O)cc(O)c(O)c1O. The van der Waals surface area contributed by atoms with Crippen molar-refractivity contribution in [2.45, 2.75) is 0 Å². The van der Waals surface area contributed by atoms with Crippen molar-refractivity contribution in [2.75, 3.05) is 0 Å². The van der Waals surface area contributed by atoms with E-state index >= 15 is 0 Å². The number of carboxylic acids is 1. The largest absolute Gasteiger partial charge is 0.504 e. The van der Waals surface area contributed by atoms with E-state index in [1.165, 1.54) is 0 Å². The molecule has 0 bridgehead atoms. The Morgan fingerprint density at radius 1 is 1.29 bits per heavy atom. The number of hydrogen-bond donors (Lipinski definition) is 4. The maximum atomic E-state index is 10.6. The average molecular weight is 196 g/mol. The van der Waals surface area contributed by atoms with Crippen molar-refractivity contribution in [3.05, 3.63) is 23.8 Å². The molecule has 0 aromatic heterocycles. The molecule has 0 aliphatic rings. The van der Waals surface area contributed by atoms with Gasteiger partial charge in [-0.1, -0.05) is 12.7 Å². The Morgan fingerprint density at radius 2 is 1.86 bits per heavy atom. The molecule has 0 fully saturated rings. The lowest BCUT2D eigenvalue weighted by Gasteiger charge is -2.07. The maximum absolute atomic E-state index is 10.6. The van der Waals surface area contributed by atoms with Gasteiger partial charge in [-0.3, -0.25) is 0 Å². The van der Waals surface area contributed by atoms with Crippen LogP contribution in [0.2, 0.25) is 0 Å². The number of benzene rings is 1. The first-order chi connectivity index (χ1) is 6.49. The molecule has 74 valence electrons. The predicted molar refractivity (Wildman–Crippen MR) is 48.5 cm³/mol. The molecule has 0 amide bonds. The standard InChI is InChI=1S/C9H8O5/c1-2-4-5(9(13)14)3-6(10)8(12)7(4)11/h2-3,10-12H,1H2,(H,13,14). The number of aromatic hydroxyl groups is 3. The van der Waals surface area contributed by atoms with E-state index in [1.807, 2.05) is 0 Å². The summed E-state index contributed by atoms with van der Waals surface area (Å²) in [7, 11) is 0. The second kappa shape index (κ2) is 3.29. The van der Waals surface area contributed by atoms with Crippen LogP contribution in [0.1, 0.15) is 15.9 Å². The molecule has 0 atom stereocenters. The van der Waals surface area contributed by atoms with Crippen molar-refractivity contribution in [3.63, 3.8) is 0 Å². The third-order valence-electron chi connectivity index (χ3n) is 1.73. The van der Waals surface area contributed by atoms with E-state index in [1.54, 1.807) is 0 Å². The van der Waals surface area contributed by atoms with Gasteiger partial charge in [0.2, 0.25) is 5.75 Å². The Kier molecular flexibility index (Phi) is 2.33. The fourth-order valence-electron chi connectivity index (χ4n) is 1.04. The van der Waals surface area contributed by atoms with Gasteiger partial charge in [-0.05, 0) is 6.07 Å². The topological polar surface area (TPSA) is 98.0 Å². The minimum Gasteiger partial charge on any atom is -0.504 e. The molecular formula is C9H8O5. The number of carboxylic acid groups (broad SMARTS) is 1. The molecule has 0 aliphatic heterocycles. The zero-order valence-electron chi connectivity index (χ0n) is 7.06. The molecule has 0 unspecified atom stereocenters. The molecule has 0 aliphatic carbocycles. The summed E-state index contributed by atoms with van der Waals surface area (Å²) < 4.78 is 0. The summed E-state index contributed by atoms with van der Waals surface area (Å²) in [6, 6.07) is 0.842. The van der Waals surface area contributed by atoms with Gasteiger partial charge < -0.3 is 20.4 Å². The first-order valence-electron chi connectivity index (χ1n) is 3.62.